The molecule has 0 aromatic heterocycles. The van der Waals surface area contributed by atoms with Gasteiger partial charge in [-0.3, -0.25) is 0 Å². The van der Waals surface area contributed by atoms with Crippen molar-refractivity contribution in [3.63, 3.8) is 0 Å². The van der Waals surface area contributed by atoms with Gasteiger partial charge in [0.1, 0.15) is 0 Å². The van der Waals surface area contributed by atoms with Crippen LogP contribution in [0.2, 0.25) is 0 Å². The molecular weight excluding hydrogens is 234 g/mol. The van der Waals surface area contributed by atoms with Crippen molar-refractivity contribution < 1.29 is 19.8 Å². The molecule has 1 saturated heterocycles. The third-order valence-corrected chi connectivity index (χ3v) is 2.68. The first kappa shape index (κ1) is 16.5. The van der Waals surface area contributed by atoms with Gasteiger partial charge in [-0.05, 0) is 45.3 Å². The van der Waals surface area contributed by atoms with Crippen molar-refractivity contribution in [3.8, 4) is 12.3 Å². The average molecular weight is 255 g/mol. The molecule has 1 rings (SSSR count). The lowest BCUT2D eigenvalue weighted by atomic mass is 10.1. The van der Waals surface area contributed by atoms with Gasteiger partial charge in [0.2, 0.25) is 0 Å². The third-order valence-electron chi connectivity index (χ3n) is 2.68. The van der Waals surface area contributed by atoms with Gasteiger partial charge in [0, 0.05) is 6.42 Å². The molecule has 0 unspecified atom stereocenters. The standard InChI is InChI=1S/C11H19N.C2H2O4/c1-2-3-4-6-9-12-10-7-5-8-11-12;3-1(4)2(5)6/h1H,3-11H2;(H,3,4)(H,5,6). The first-order valence-corrected chi connectivity index (χ1v) is 6.20. The molecule has 102 valence electrons. The van der Waals surface area contributed by atoms with Crippen molar-refractivity contribution in [1.82, 2.24) is 4.90 Å². The number of hydrogen-bond donors (Lipinski definition) is 2. The van der Waals surface area contributed by atoms with Gasteiger partial charge in [-0.2, -0.15) is 0 Å². The van der Waals surface area contributed by atoms with Gasteiger partial charge in [-0.15, -0.1) is 12.3 Å². The molecule has 5 nitrogen and oxygen atoms in total. The van der Waals surface area contributed by atoms with E-state index in [1.165, 1.54) is 51.7 Å². The molecular formula is C13H21NO4. The Hall–Kier alpha value is -1.54. The van der Waals surface area contributed by atoms with Crippen molar-refractivity contribution >= 4 is 11.9 Å². The van der Waals surface area contributed by atoms with E-state index in [2.05, 4.69) is 10.8 Å². The van der Waals surface area contributed by atoms with E-state index in [9.17, 15) is 0 Å². The maximum atomic E-state index is 9.10. The fraction of sp³-hybridized carbons (Fsp3) is 0.692. The Bertz CT molecular complexity index is 278. The zero-order valence-electron chi connectivity index (χ0n) is 10.6. The SMILES string of the molecule is C#CCCCCN1CCCCC1.O=C(O)C(=O)O. The van der Waals surface area contributed by atoms with Gasteiger partial charge >= 0.3 is 11.9 Å². The van der Waals surface area contributed by atoms with Crippen LogP contribution in [0.3, 0.4) is 0 Å². The fourth-order valence-corrected chi connectivity index (χ4v) is 1.75. The van der Waals surface area contributed by atoms with Crippen molar-refractivity contribution in [2.75, 3.05) is 19.6 Å². The number of carboxylic acids is 2. The van der Waals surface area contributed by atoms with E-state index in [-0.39, 0.29) is 0 Å². The van der Waals surface area contributed by atoms with Crippen LogP contribution in [0, 0.1) is 12.3 Å². The Morgan fingerprint density at radius 1 is 1.06 bits per heavy atom. The first-order valence-electron chi connectivity index (χ1n) is 6.20. The summed E-state index contributed by atoms with van der Waals surface area (Å²) >= 11 is 0. The van der Waals surface area contributed by atoms with Crippen molar-refractivity contribution in [3.05, 3.63) is 0 Å². The number of unbranched alkanes of at least 4 members (excludes halogenated alkanes) is 2. The number of nitrogens with zero attached hydrogens (tertiary/aromatic N) is 1. The molecule has 5 heteroatoms. The molecule has 0 radical (unpaired) electrons. The normalized spacial score (nSPS) is 15.1. The van der Waals surface area contributed by atoms with Crippen LogP contribution in [0.15, 0.2) is 0 Å². The number of terminal acetylenes is 1. The van der Waals surface area contributed by atoms with Crippen molar-refractivity contribution in [1.29, 1.82) is 0 Å². The molecule has 0 aromatic carbocycles. The molecule has 0 spiro atoms. The smallest absolute Gasteiger partial charge is 0.414 e. The minimum atomic E-state index is -1.82. The molecule has 1 heterocycles. The Labute approximate surface area is 108 Å². The number of likely N-dealkylation sites (tertiary alicyclic amines) is 1. The minimum Gasteiger partial charge on any atom is -0.473 e. The molecule has 0 aromatic rings. The summed E-state index contributed by atoms with van der Waals surface area (Å²) in [6.45, 7) is 3.90. The van der Waals surface area contributed by atoms with Crippen LogP contribution >= 0.6 is 0 Å². The van der Waals surface area contributed by atoms with Crippen LogP contribution in [0.1, 0.15) is 38.5 Å². The molecule has 2 N–H and O–H groups in total. The summed E-state index contributed by atoms with van der Waals surface area (Å²) in [6.07, 6.45) is 12.8. The van der Waals surface area contributed by atoms with Crippen LogP contribution in [0.5, 0.6) is 0 Å². The Morgan fingerprint density at radius 3 is 2.06 bits per heavy atom. The van der Waals surface area contributed by atoms with Gasteiger partial charge in [0.25, 0.3) is 0 Å². The number of aliphatic carboxylic acids is 2. The number of carbonyl (C=O) groups is 2. The molecule has 0 amide bonds. The monoisotopic (exact) mass is 255 g/mol. The summed E-state index contributed by atoms with van der Waals surface area (Å²) in [6, 6.07) is 0. The van der Waals surface area contributed by atoms with E-state index in [4.69, 9.17) is 26.2 Å². The molecule has 0 atom stereocenters. The highest BCUT2D eigenvalue weighted by atomic mass is 16.4. The summed E-state index contributed by atoms with van der Waals surface area (Å²) in [5.74, 6) is -0.961. The molecule has 0 bridgehead atoms. The van der Waals surface area contributed by atoms with E-state index >= 15 is 0 Å². The van der Waals surface area contributed by atoms with Gasteiger partial charge < -0.3 is 15.1 Å². The Balaban J connectivity index is 0.000000411. The van der Waals surface area contributed by atoms with Gasteiger partial charge in [-0.25, -0.2) is 9.59 Å². The van der Waals surface area contributed by atoms with E-state index in [0.717, 1.165) is 6.42 Å². The van der Waals surface area contributed by atoms with E-state index in [1.807, 2.05) is 0 Å². The Kier molecular flexibility index (Phi) is 9.70. The Morgan fingerprint density at radius 2 is 1.61 bits per heavy atom. The number of hydrogen-bond acceptors (Lipinski definition) is 3. The van der Waals surface area contributed by atoms with Crippen LogP contribution in [-0.2, 0) is 9.59 Å². The summed E-state index contributed by atoms with van der Waals surface area (Å²) in [5, 5.41) is 14.8. The first-order chi connectivity index (χ1) is 8.57. The van der Waals surface area contributed by atoms with Gasteiger partial charge in [0.05, 0.1) is 0 Å². The second kappa shape index (κ2) is 10.6. The van der Waals surface area contributed by atoms with Gasteiger partial charge in [-0.1, -0.05) is 6.42 Å². The fourth-order valence-electron chi connectivity index (χ4n) is 1.75. The zero-order chi connectivity index (χ0) is 13.8. The molecule has 1 aliphatic heterocycles. The third kappa shape index (κ3) is 9.67. The minimum absolute atomic E-state index is 0.952. The number of carboxylic acid groups (broad SMARTS) is 2. The van der Waals surface area contributed by atoms with E-state index in [1.54, 1.807) is 0 Å². The molecule has 0 saturated carbocycles. The summed E-state index contributed by atoms with van der Waals surface area (Å²) in [4.78, 5) is 20.8. The van der Waals surface area contributed by atoms with Gasteiger partial charge in [0.15, 0.2) is 0 Å². The van der Waals surface area contributed by atoms with E-state index in [0.29, 0.717) is 0 Å². The summed E-state index contributed by atoms with van der Waals surface area (Å²) in [5.41, 5.74) is 0. The lowest BCUT2D eigenvalue weighted by Crippen LogP contribution is -2.30. The molecule has 1 aliphatic rings. The highest BCUT2D eigenvalue weighted by Crippen LogP contribution is 2.09. The predicted octanol–water partition coefficient (Wildman–Crippen LogP) is 1.43. The quantitative estimate of drug-likeness (QED) is 0.451. The largest absolute Gasteiger partial charge is 0.473 e. The highest BCUT2D eigenvalue weighted by Gasteiger charge is 2.08. The highest BCUT2D eigenvalue weighted by molar-refractivity contribution is 6.27. The second-order valence-corrected chi connectivity index (χ2v) is 4.17. The second-order valence-electron chi connectivity index (χ2n) is 4.17. The number of rotatable bonds is 4. The maximum Gasteiger partial charge on any atom is 0.414 e. The molecule has 1 fully saturated rings. The lowest BCUT2D eigenvalue weighted by molar-refractivity contribution is -0.159. The summed E-state index contributed by atoms with van der Waals surface area (Å²) < 4.78 is 0. The number of piperidine rings is 1. The molecule has 0 aliphatic carbocycles. The lowest BCUT2D eigenvalue weighted by Gasteiger charge is -2.26. The maximum absolute atomic E-state index is 9.10. The van der Waals surface area contributed by atoms with Crippen molar-refractivity contribution in [2.24, 2.45) is 0 Å². The summed E-state index contributed by atoms with van der Waals surface area (Å²) in [7, 11) is 0. The van der Waals surface area contributed by atoms with Crippen molar-refractivity contribution in [2.45, 2.75) is 38.5 Å². The van der Waals surface area contributed by atoms with Crippen LogP contribution < -0.4 is 0 Å². The zero-order valence-corrected chi connectivity index (χ0v) is 10.6. The van der Waals surface area contributed by atoms with Crippen LogP contribution in [0.4, 0.5) is 0 Å². The average Bonchev–Trinajstić information content (AvgIpc) is 2.36. The van der Waals surface area contributed by atoms with E-state index < -0.39 is 11.9 Å². The topological polar surface area (TPSA) is 77.8 Å². The van der Waals surface area contributed by atoms with Crippen LogP contribution in [0.25, 0.3) is 0 Å². The van der Waals surface area contributed by atoms with Crippen LogP contribution in [-0.4, -0.2) is 46.7 Å². The molecule has 18 heavy (non-hydrogen) atoms. The predicted molar refractivity (Wildman–Crippen MR) is 68.2 cm³/mol.